The standard InChI is InChI=1S/C23H23F2N3O4S/c1-15-8-9-16(10-20(15)23(2,24)25)12-27-22(29)19-6-4-5-7-21(19)33(30,31)28-17-11-18(32-3)14-26-13-17/h4-11,13-14,28H,12H2,1-3H3,(H,27,29). The second-order valence-corrected chi connectivity index (χ2v) is 9.09. The third-order valence-corrected chi connectivity index (χ3v) is 6.29. The molecule has 0 saturated carbocycles. The van der Waals surface area contributed by atoms with Crippen LogP contribution in [0.1, 0.15) is 34.0 Å². The molecule has 0 bridgehead atoms. The number of carbonyl (C=O) groups excluding carboxylic acids is 1. The molecule has 33 heavy (non-hydrogen) atoms. The molecule has 3 aromatic rings. The largest absolute Gasteiger partial charge is 0.495 e. The summed E-state index contributed by atoms with van der Waals surface area (Å²) >= 11 is 0. The second kappa shape index (κ2) is 9.53. The first kappa shape index (κ1) is 24.1. The highest BCUT2D eigenvalue weighted by molar-refractivity contribution is 7.92. The molecule has 2 N–H and O–H groups in total. The van der Waals surface area contributed by atoms with Gasteiger partial charge in [-0.25, -0.2) is 17.2 Å². The minimum absolute atomic E-state index is 0.0518. The van der Waals surface area contributed by atoms with E-state index in [1.54, 1.807) is 19.1 Å². The van der Waals surface area contributed by atoms with E-state index in [1.807, 2.05) is 0 Å². The third kappa shape index (κ3) is 5.83. The van der Waals surface area contributed by atoms with Crippen LogP contribution in [-0.2, 0) is 22.5 Å². The molecule has 1 heterocycles. The van der Waals surface area contributed by atoms with E-state index in [1.165, 1.54) is 55.9 Å². The molecule has 0 aliphatic carbocycles. The molecule has 2 aromatic carbocycles. The number of nitrogens with one attached hydrogen (secondary N) is 2. The lowest BCUT2D eigenvalue weighted by Crippen LogP contribution is -2.26. The smallest absolute Gasteiger partial charge is 0.270 e. The first-order chi connectivity index (χ1) is 15.5. The monoisotopic (exact) mass is 475 g/mol. The molecule has 0 unspecified atom stereocenters. The zero-order valence-corrected chi connectivity index (χ0v) is 19.0. The Morgan fingerprint density at radius 1 is 1.12 bits per heavy atom. The van der Waals surface area contributed by atoms with Gasteiger partial charge in [-0.3, -0.25) is 14.5 Å². The molecule has 1 amide bonds. The zero-order chi connectivity index (χ0) is 24.2. The normalized spacial score (nSPS) is 11.7. The van der Waals surface area contributed by atoms with Crippen molar-refractivity contribution in [2.24, 2.45) is 0 Å². The number of aryl methyl sites for hydroxylation is 1. The van der Waals surface area contributed by atoms with Gasteiger partial charge in [0.15, 0.2) is 0 Å². The molecule has 1 aromatic heterocycles. The average molecular weight is 476 g/mol. The van der Waals surface area contributed by atoms with Crippen LogP contribution in [-0.4, -0.2) is 26.4 Å². The molecule has 10 heteroatoms. The summed E-state index contributed by atoms with van der Waals surface area (Å²) in [4.78, 5) is 16.5. The van der Waals surface area contributed by atoms with E-state index in [2.05, 4.69) is 15.0 Å². The fourth-order valence-corrected chi connectivity index (χ4v) is 4.45. The second-order valence-electron chi connectivity index (χ2n) is 7.44. The van der Waals surface area contributed by atoms with Crippen molar-refractivity contribution >= 4 is 21.6 Å². The average Bonchev–Trinajstić information content (AvgIpc) is 2.77. The van der Waals surface area contributed by atoms with Crippen LogP contribution in [0.2, 0.25) is 0 Å². The summed E-state index contributed by atoms with van der Waals surface area (Å²) < 4.78 is 60.9. The number of hydrogen-bond acceptors (Lipinski definition) is 5. The molecule has 0 spiro atoms. The molecule has 0 saturated heterocycles. The number of alkyl halides is 2. The van der Waals surface area contributed by atoms with E-state index < -0.39 is 21.9 Å². The minimum Gasteiger partial charge on any atom is -0.495 e. The molecular weight excluding hydrogens is 452 g/mol. The van der Waals surface area contributed by atoms with E-state index in [4.69, 9.17) is 4.74 Å². The fraction of sp³-hybridized carbons (Fsp3) is 0.217. The summed E-state index contributed by atoms with van der Waals surface area (Å²) in [7, 11) is -2.71. The first-order valence-electron chi connectivity index (χ1n) is 9.88. The Kier molecular flexibility index (Phi) is 6.97. The Morgan fingerprint density at radius 2 is 1.85 bits per heavy atom. The minimum atomic E-state index is -4.13. The van der Waals surface area contributed by atoms with Gasteiger partial charge in [0, 0.05) is 25.1 Å². The number of benzene rings is 2. The third-order valence-electron chi connectivity index (χ3n) is 4.85. The van der Waals surface area contributed by atoms with E-state index >= 15 is 0 Å². The number of sulfonamides is 1. The first-order valence-corrected chi connectivity index (χ1v) is 11.4. The number of pyridine rings is 1. The lowest BCUT2D eigenvalue weighted by molar-refractivity contribution is 0.0167. The molecule has 0 radical (unpaired) electrons. The van der Waals surface area contributed by atoms with Crippen molar-refractivity contribution in [3.8, 4) is 5.75 Å². The molecule has 0 atom stereocenters. The number of aromatic nitrogens is 1. The lowest BCUT2D eigenvalue weighted by Gasteiger charge is -2.16. The van der Waals surface area contributed by atoms with Gasteiger partial charge in [-0.05, 0) is 36.2 Å². The maximum atomic E-state index is 13.8. The predicted octanol–water partition coefficient (Wildman–Crippen LogP) is 4.24. The van der Waals surface area contributed by atoms with Crippen molar-refractivity contribution in [3.05, 3.63) is 83.2 Å². The van der Waals surface area contributed by atoms with Gasteiger partial charge < -0.3 is 10.1 Å². The number of anilines is 1. The lowest BCUT2D eigenvalue weighted by atomic mass is 10.0. The van der Waals surface area contributed by atoms with Crippen LogP contribution in [0.3, 0.4) is 0 Å². The van der Waals surface area contributed by atoms with Gasteiger partial charge in [0.1, 0.15) is 10.6 Å². The van der Waals surface area contributed by atoms with E-state index in [0.717, 1.165) is 6.92 Å². The van der Waals surface area contributed by atoms with Gasteiger partial charge in [-0.1, -0.05) is 24.3 Å². The number of ether oxygens (including phenoxy) is 1. The Labute approximate surface area is 190 Å². The van der Waals surface area contributed by atoms with Gasteiger partial charge in [-0.15, -0.1) is 0 Å². The Balaban J connectivity index is 1.82. The number of rotatable bonds is 8. The number of hydrogen-bond donors (Lipinski definition) is 2. The maximum absolute atomic E-state index is 13.8. The summed E-state index contributed by atoms with van der Waals surface area (Å²) in [5.41, 5.74) is 0.845. The molecule has 0 aliphatic heterocycles. The highest BCUT2D eigenvalue weighted by Crippen LogP contribution is 2.30. The SMILES string of the molecule is COc1cncc(NS(=O)(=O)c2ccccc2C(=O)NCc2ccc(C)c(C(C)(F)F)c2)c1. The maximum Gasteiger partial charge on any atom is 0.270 e. The van der Waals surface area contributed by atoms with Crippen LogP contribution in [0.25, 0.3) is 0 Å². The van der Waals surface area contributed by atoms with Crippen LogP contribution >= 0.6 is 0 Å². The zero-order valence-electron chi connectivity index (χ0n) is 18.2. The Hall–Kier alpha value is -3.53. The number of amides is 1. The molecule has 174 valence electrons. The Morgan fingerprint density at radius 3 is 2.55 bits per heavy atom. The number of carbonyl (C=O) groups is 1. The van der Waals surface area contributed by atoms with E-state index in [-0.39, 0.29) is 28.3 Å². The summed E-state index contributed by atoms with van der Waals surface area (Å²) in [5.74, 6) is -3.33. The summed E-state index contributed by atoms with van der Waals surface area (Å²) in [6.07, 6.45) is 2.73. The van der Waals surface area contributed by atoms with Crippen LogP contribution in [0, 0.1) is 6.92 Å². The van der Waals surface area contributed by atoms with Gasteiger partial charge in [0.2, 0.25) is 0 Å². The number of halogens is 2. The fourth-order valence-electron chi connectivity index (χ4n) is 3.21. The Bertz CT molecular complexity index is 1270. The van der Waals surface area contributed by atoms with Crippen LogP contribution < -0.4 is 14.8 Å². The van der Waals surface area contributed by atoms with Gasteiger partial charge in [0.25, 0.3) is 21.9 Å². The van der Waals surface area contributed by atoms with E-state index in [9.17, 15) is 22.0 Å². The van der Waals surface area contributed by atoms with Crippen LogP contribution in [0.4, 0.5) is 14.5 Å². The van der Waals surface area contributed by atoms with Gasteiger partial charge in [-0.2, -0.15) is 0 Å². The van der Waals surface area contributed by atoms with Gasteiger partial charge in [0.05, 0.1) is 30.8 Å². The summed E-state index contributed by atoms with van der Waals surface area (Å²) in [5, 5.41) is 2.60. The molecule has 7 nitrogen and oxygen atoms in total. The van der Waals surface area contributed by atoms with Crippen LogP contribution in [0.5, 0.6) is 5.75 Å². The number of methoxy groups -OCH3 is 1. The van der Waals surface area contributed by atoms with Crippen molar-refractivity contribution in [3.63, 3.8) is 0 Å². The molecule has 3 rings (SSSR count). The highest BCUT2D eigenvalue weighted by atomic mass is 32.2. The van der Waals surface area contributed by atoms with Gasteiger partial charge >= 0.3 is 0 Å². The van der Waals surface area contributed by atoms with Crippen molar-refractivity contribution in [1.82, 2.24) is 10.3 Å². The van der Waals surface area contributed by atoms with Crippen molar-refractivity contribution in [2.75, 3.05) is 11.8 Å². The summed E-state index contributed by atoms with van der Waals surface area (Å²) in [6.45, 7) is 2.34. The van der Waals surface area contributed by atoms with Crippen molar-refractivity contribution in [1.29, 1.82) is 0 Å². The number of nitrogens with zero attached hydrogens (tertiary/aromatic N) is 1. The molecule has 0 aliphatic rings. The quantitative estimate of drug-likeness (QED) is 0.508. The predicted molar refractivity (Wildman–Crippen MR) is 120 cm³/mol. The molecule has 0 fully saturated rings. The molecular formula is C23H23F2N3O4S. The van der Waals surface area contributed by atoms with E-state index in [0.29, 0.717) is 16.9 Å². The van der Waals surface area contributed by atoms with Crippen LogP contribution in [0.15, 0.2) is 65.8 Å². The van der Waals surface area contributed by atoms with Crippen molar-refractivity contribution in [2.45, 2.75) is 31.2 Å². The van der Waals surface area contributed by atoms with Crippen molar-refractivity contribution < 1.29 is 26.7 Å². The summed E-state index contributed by atoms with van der Waals surface area (Å²) in [6, 6.07) is 11.7. The topological polar surface area (TPSA) is 97.4 Å². The highest BCUT2D eigenvalue weighted by Gasteiger charge is 2.27.